The Morgan fingerprint density at radius 3 is 2.74 bits per heavy atom. The third-order valence-corrected chi connectivity index (χ3v) is 3.53. The number of hydrogen-bond acceptors (Lipinski definition) is 4. The molecular weight excluding hydrogens is 294 g/mol. The van der Waals surface area contributed by atoms with Crippen LogP contribution in [0.5, 0.6) is 0 Å². The molecule has 1 heterocycles. The van der Waals surface area contributed by atoms with Gasteiger partial charge in [0.2, 0.25) is 5.91 Å². The van der Waals surface area contributed by atoms with Gasteiger partial charge in [0.05, 0.1) is 12.2 Å². The number of rotatable bonds is 4. The van der Waals surface area contributed by atoms with Gasteiger partial charge in [-0.25, -0.2) is 4.79 Å². The number of nitrogens with one attached hydrogen (secondary N) is 1. The van der Waals surface area contributed by atoms with Gasteiger partial charge in [-0.15, -0.1) is 0 Å². The minimum Gasteiger partial charge on any atom is -0.443 e. The number of amides is 2. The maximum absolute atomic E-state index is 12.5. The van der Waals surface area contributed by atoms with Gasteiger partial charge in [-0.3, -0.25) is 9.69 Å². The van der Waals surface area contributed by atoms with Crippen LogP contribution in [0.1, 0.15) is 38.3 Å². The van der Waals surface area contributed by atoms with Gasteiger partial charge in [0.1, 0.15) is 5.60 Å². The molecule has 1 aliphatic rings. The zero-order chi connectivity index (χ0) is 17.0. The molecule has 2 amide bonds. The normalized spacial score (nSPS) is 14.3. The zero-order valence-corrected chi connectivity index (χ0v) is 14.0. The number of hydrogen-bond donors (Lipinski definition) is 2. The van der Waals surface area contributed by atoms with E-state index in [1.165, 1.54) is 0 Å². The molecule has 2 rings (SSSR count). The number of fused-ring (bicyclic) bond motifs is 1. The molecule has 0 radical (unpaired) electrons. The lowest BCUT2D eigenvalue weighted by Gasteiger charge is -2.33. The van der Waals surface area contributed by atoms with E-state index in [1.54, 1.807) is 4.90 Å². The molecule has 0 bridgehead atoms. The smallest absolute Gasteiger partial charge is 0.414 e. The summed E-state index contributed by atoms with van der Waals surface area (Å²) in [5.74, 6) is -0.404. The highest BCUT2D eigenvalue weighted by Crippen LogP contribution is 2.32. The summed E-state index contributed by atoms with van der Waals surface area (Å²) >= 11 is 0. The number of carbonyl (C=O) groups is 2. The van der Waals surface area contributed by atoms with Crippen LogP contribution < -0.4 is 16.0 Å². The van der Waals surface area contributed by atoms with Gasteiger partial charge < -0.3 is 15.8 Å². The lowest BCUT2D eigenvalue weighted by atomic mass is 9.98. The fourth-order valence-corrected chi connectivity index (χ4v) is 2.69. The molecule has 0 spiro atoms. The highest BCUT2D eigenvalue weighted by molar-refractivity contribution is 5.90. The molecule has 1 aliphatic heterocycles. The van der Waals surface area contributed by atoms with E-state index in [1.807, 2.05) is 39.0 Å². The molecule has 6 nitrogen and oxygen atoms in total. The van der Waals surface area contributed by atoms with Crippen molar-refractivity contribution in [3.63, 3.8) is 0 Å². The fourth-order valence-electron chi connectivity index (χ4n) is 2.69. The summed E-state index contributed by atoms with van der Waals surface area (Å²) < 4.78 is 5.52. The highest BCUT2D eigenvalue weighted by Gasteiger charge is 2.28. The molecule has 0 aliphatic carbocycles. The molecule has 0 fully saturated rings. The molecule has 1 aromatic carbocycles. The average Bonchev–Trinajstić information content (AvgIpc) is 2.44. The number of para-hydroxylation sites is 1. The molecule has 0 saturated carbocycles. The summed E-state index contributed by atoms with van der Waals surface area (Å²) in [6, 6.07) is 5.96. The number of nitrogens with two attached hydrogens (primary N) is 1. The van der Waals surface area contributed by atoms with Crippen LogP contribution in [0.15, 0.2) is 18.2 Å². The van der Waals surface area contributed by atoms with Crippen LogP contribution in [0.3, 0.4) is 0 Å². The Balaban J connectivity index is 2.24. The predicted octanol–water partition coefficient (Wildman–Crippen LogP) is 1.95. The largest absolute Gasteiger partial charge is 0.443 e. The second-order valence-corrected chi connectivity index (χ2v) is 6.73. The summed E-state index contributed by atoms with van der Waals surface area (Å²) in [6.07, 6.45) is 1.50. The van der Waals surface area contributed by atoms with Crippen LogP contribution in [0.4, 0.5) is 10.5 Å². The topological polar surface area (TPSA) is 84.7 Å². The van der Waals surface area contributed by atoms with Crippen molar-refractivity contribution in [2.45, 2.75) is 45.8 Å². The van der Waals surface area contributed by atoms with Crippen molar-refractivity contribution >= 4 is 17.7 Å². The monoisotopic (exact) mass is 319 g/mol. The van der Waals surface area contributed by atoms with Crippen LogP contribution in [-0.4, -0.2) is 30.7 Å². The highest BCUT2D eigenvalue weighted by atomic mass is 16.6. The van der Waals surface area contributed by atoms with Gasteiger partial charge in [-0.2, -0.15) is 0 Å². The van der Waals surface area contributed by atoms with E-state index in [0.29, 0.717) is 13.1 Å². The first-order valence-electron chi connectivity index (χ1n) is 7.88. The number of aryl methyl sites for hydroxylation is 1. The van der Waals surface area contributed by atoms with Crippen molar-refractivity contribution in [3.8, 4) is 0 Å². The molecule has 126 valence electrons. The lowest BCUT2D eigenvalue weighted by molar-refractivity contribution is -0.117. The van der Waals surface area contributed by atoms with Gasteiger partial charge >= 0.3 is 6.09 Å². The SMILES string of the molecule is CC(C)(C)OC(=O)N1CCCc2cccc(CNCC(N)=O)c21. The third-order valence-electron chi connectivity index (χ3n) is 3.53. The summed E-state index contributed by atoms with van der Waals surface area (Å²) in [7, 11) is 0. The summed E-state index contributed by atoms with van der Waals surface area (Å²) in [5.41, 5.74) is 7.61. The number of ether oxygens (including phenoxy) is 1. The second-order valence-electron chi connectivity index (χ2n) is 6.73. The van der Waals surface area contributed by atoms with Crippen LogP contribution in [0.25, 0.3) is 0 Å². The number of primary amides is 1. The van der Waals surface area contributed by atoms with Gasteiger partial charge in [0.25, 0.3) is 0 Å². The summed E-state index contributed by atoms with van der Waals surface area (Å²) in [5, 5.41) is 3.01. The van der Waals surface area contributed by atoms with E-state index in [0.717, 1.165) is 29.7 Å². The molecule has 6 heteroatoms. The van der Waals surface area contributed by atoms with Gasteiger partial charge in [-0.05, 0) is 44.7 Å². The molecule has 0 atom stereocenters. The van der Waals surface area contributed by atoms with Crippen LogP contribution in [0.2, 0.25) is 0 Å². The predicted molar refractivity (Wildman–Crippen MR) is 89.2 cm³/mol. The quantitative estimate of drug-likeness (QED) is 0.888. The van der Waals surface area contributed by atoms with Crippen molar-refractivity contribution in [2.75, 3.05) is 18.0 Å². The standard InChI is InChI=1S/C17H25N3O3/c1-17(2,3)23-16(22)20-9-5-8-12-6-4-7-13(15(12)20)10-19-11-14(18)21/h4,6-7,19H,5,8-11H2,1-3H3,(H2,18,21). The van der Waals surface area contributed by atoms with E-state index in [2.05, 4.69) is 5.32 Å². The summed E-state index contributed by atoms with van der Waals surface area (Å²) in [4.78, 5) is 25.1. The Labute approximate surface area is 137 Å². The second kappa shape index (κ2) is 7.00. The Hall–Kier alpha value is -2.08. The molecule has 1 aromatic rings. The summed E-state index contributed by atoms with van der Waals surface area (Å²) in [6.45, 7) is 6.79. The Kier molecular flexibility index (Phi) is 5.26. The van der Waals surface area contributed by atoms with Gasteiger partial charge in [0, 0.05) is 13.1 Å². The number of carbonyl (C=O) groups excluding carboxylic acids is 2. The maximum Gasteiger partial charge on any atom is 0.414 e. The zero-order valence-electron chi connectivity index (χ0n) is 14.0. The van der Waals surface area contributed by atoms with Crippen molar-refractivity contribution in [2.24, 2.45) is 5.73 Å². The lowest BCUT2D eigenvalue weighted by Crippen LogP contribution is -2.40. The first kappa shape index (κ1) is 17.3. The molecule has 3 N–H and O–H groups in total. The molecule has 0 aromatic heterocycles. The van der Waals surface area contributed by atoms with Crippen molar-refractivity contribution < 1.29 is 14.3 Å². The van der Waals surface area contributed by atoms with Gasteiger partial charge in [0.15, 0.2) is 0 Å². The van der Waals surface area contributed by atoms with Crippen molar-refractivity contribution in [1.82, 2.24) is 5.32 Å². The Morgan fingerprint density at radius 1 is 1.35 bits per heavy atom. The molecular formula is C17H25N3O3. The van der Waals surface area contributed by atoms with Crippen molar-refractivity contribution in [3.05, 3.63) is 29.3 Å². The molecule has 0 saturated heterocycles. The maximum atomic E-state index is 12.5. The first-order valence-corrected chi connectivity index (χ1v) is 7.88. The van der Waals surface area contributed by atoms with E-state index in [4.69, 9.17) is 10.5 Å². The number of nitrogens with zero attached hydrogens (tertiary/aromatic N) is 1. The third kappa shape index (κ3) is 4.69. The Bertz CT molecular complexity index is 593. The minimum atomic E-state index is -0.534. The van der Waals surface area contributed by atoms with E-state index < -0.39 is 11.5 Å². The first-order chi connectivity index (χ1) is 10.8. The molecule has 23 heavy (non-hydrogen) atoms. The number of anilines is 1. The van der Waals surface area contributed by atoms with Gasteiger partial charge in [-0.1, -0.05) is 18.2 Å². The van der Waals surface area contributed by atoms with Crippen LogP contribution >= 0.6 is 0 Å². The number of benzene rings is 1. The Morgan fingerprint density at radius 2 is 2.09 bits per heavy atom. The van der Waals surface area contributed by atoms with E-state index in [-0.39, 0.29) is 12.6 Å². The molecule has 0 unspecified atom stereocenters. The van der Waals surface area contributed by atoms with Crippen LogP contribution in [0, 0.1) is 0 Å². The van der Waals surface area contributed by atoms with Crippen molar-refractivity contribution in [1.29, 1.82) is 0 Å². The van der Waals surface area contributed by atoms with Crippen LogP contribution in [-0.2, 0) is 22.5 Å². The fraction of sp³-hybridized carbons (Fsp3) is 0.529. The average molecular weight is 319 g/mol. The van der Waals surface area contributed by atoms with E-state index in [9.17, 15) is 9.59 Å². The van der Waals surface area contributed by atoms with E-state index >= 15 is 0 Å². The minimum absolute atomic E-state index is 0.107.